The molecule has 0 saturated heterocycles. The van der Waals surface area contributed by atoms with Gasteiger partial charge in [-0.15, -0.1) is 0 Å². The fraction of sp³-hybridized carbons (Fsp3) is 0.667. The van der Waals surface area contributed by atoms with Gasteiger partial charge in [-0.05, 0) is 37.8 Å². The zero-order chi connectivity index (χ0) is 12.0. The van der Waals surface area contributed by atoms with Crippen LogP contribution in [0.15, 0.2) is 12.2 Å². The van der Waals surface area contributed by atoms with E-state index in [0.717, 1.165) is 25.7 Å². The lowest BCUT2D eigenvalue weighted by molar-refractivity contribution is -0.146. The molecule has 4 nitrogen and oxygen atoms in total. The van der Waals surface area contributed by atoms with Crippen LogP contribution in [0.2, 0.25) is 0 Å². The molecule has 0 heterocycles. The Morgan fingerprint density at radius 3 is 1.62 bits per heavy atom. The van der Waals surface area contributed by atoms with Gasteiger partial charge in [0.25, 0.3) is 0 Å². The van der Waals surface area contributed by atoms with Crippen LogP contribution < -0.4 is 0 Å². The molecule has 2 atom stereocenters. The minimum Gasteiger partial charge on any atom is -0.458 e. The van der Waals surface area contributed by atoms with Crippen molar-refractivity contribution >= 4 is 11.9 Å². The van der Waals surface area contributed by atoms with Crippen LogP contribution in [0.1, 0.15) is 39.5 Å². The van der Waals surface area contributed by atoms with Crippen molar-refractivity contribution in [1.29, 1.82) is 0 Å². The molecule has 1 rings (SSSR count). The summed E-state index contributed by atoms with van der Waals surface area (Å²) in [5.41, 5.74) is 0. The van der Waals surface area contributed by atoms with Gasteiger partial charge in [0.2, 0.25) is 0 Å². The monoisotopic (exact) mass is 226 g/mol. The molecule has 0 fully saturated rings. The van der Waals surface area contributed by atoms with E-state index in [9.17, 15) is 9.59 Å². The third-order valence-electron chi connectivity index (χ3n) is 2.40. The Balaban J connectivity index is 2.54. The lowest BCUT2D eigenvalue weighted by Gasteiger charge is -2.19. The number of esters is 2. The van der Waals surface area contributed by atoms with E-state index in [2.05, 4.69) is 0 Å². The van der Waals surface area contributed by atoms with Crippen LogP contribution >= 0.6 is 0 Å². The second-order valence-electron chi connectivity index (χ2n) is 3.97. The predicted molar refractivity (Wildman–Crippen MR) is 58.7 cm³/mol. The minimum absolute atomic E-state index is 0.184. The van der Waals surface area contributed by atoms with Gasteiger partial charge in [-0.2, -0.15) is 0 Å². The van der Waals surface area contributed by atoms with Crippen molar-refractivity contribution in [2.75, 3.05) is 0 Å². The molecule has 0 aliphatic heterocycles. The molecule has 0 bridgehead atoms. The highest BCUT2D eigenvalue weighted by Gasteiger charge is 2.15. The van der Waals surface area contributed by atoms with Crippen LogP contribution in [0.5, 0.6) is 0 Å². The van der Waals surface area contributed by atoms with Crippen LogP contribution in [0, 0.1) is 0 Å². The van der Waals surface area contributed by atoms with Gasteiger partial charge < -0.3 is 9.47 Å². The van der Waals surface area contributed by atoms with Crippen molar-refractivity contribution in [3.63, 3.8) is 0 Å². The molecule has 0 aromatic rings. The zero-order valence-corrected chi connectivity index (χ0v) is 9.77. The molecule has 0 spiro atoms. The summed E-state index contributed by atoms with van der Waals surface area (Å²) in [6.07, 6.45) is 6.88. The molecular weight excluding hydrogens is 208 g/mol. The summed E-state index contributed by atoms with van der Waals surface area (Å²) in [7, 11) is 0. The van der Waals surface area contributed by atoms with E-state index in [0.29, 0.717) is 0 Å². The van der Waals surface area contributed by atoms with E-state index < -0.39 is 0 Å². The summed E-state index contributed by atoms with van der Waals surface area (Å²) >= 11 is 0. The minimum atomic E-state index is -0.278. The highest BCUT2D eigenvalue weighted by molar-refractivity contribution is 5.66. The molecule has 0 saturated carbocycles. The Morgan fingerprint density at radius 2 is 1.31 bits per heavy atom. The first kappa shape index (κ1) is 12.7. The molecule has 0 aromatic heterocycles. The van der Waals surface area contributed by atoms with E-state index in [1.54, 1.807) is 0 Å². The summed E-state index contributed by atoms with van der Waals surface area (Å²) < 4.78 is 10.2. The smallest absolute Gasteiger partial charge is 0.303 e. The van der Waals surface area contributed by atoms with Crippen molar-refractivity contribution in [2.24, 2.45) is 0 Å². The maximum absolute atomic E-state index is 10.8. The Labute approximate surface area is 95.6 Å². The fourth-order valence-electron chi connectivity index (χ4n) is 1.75. The summed E-state index contributed by atoms with van der Waals surface area (Å²) in [6, 6.07) is 0. The van der Waals surface area contributed by atoms with Gasteiger partial charge in [0, 0.05) is 13.8 Å². The van der Waals surface area contributed by atoms with Gasteiger partial charge in [0.1, 0.15) is 12.2 Å². The van der Waals surface area contributed by atoms with Gasteiger partial charge in [-0.1, -0.05) is 0 Å². The van der Waals surface area contributed by atoms with Crippen molar-refractivity contribution in [2.45, 2.75) is 51.7 Å². The van der Waals surface area contributed by atoms with E-state index >= 15 is 0 Å². The molecule has 0 radical (unpaired) electrons. The van der Waals surface area contributed by atoms with E-state index in [-0.39, 0.29) is 24.1 Å². The average Bonchev–Trinajstić information content (AvgIpc) is 2.14. The molecule has 90 valence electrons. The van der Waals surface area contributed by atoms with Gasteiger partial charge >= 0.3 is 11.9 Å². The summed E-state index contributed by atoms with van der Waals surface area (Å²) in [4.78, 5) is 21.7. The number of hydrogen-bond acceptors (Lipinski definition) is 4. The van der Waals surface area contributed by atoms with Crippen LogP contribution in [-0.4, -0.2) is 24.1 Å². The number of hydrogen-bond donors (Lipinski definition) is 0. The molecule has 0 N–H and O–H groups in total. The Hall–Kier alpha value is -1.32. The number of rotatable bonds is 2. The molecular formula is C12H18O4. The molecule has 0 unspecified atom stereocenters. The summed E-state index contributed by atoms with van der Waals surface area (Å²) in [6.45, 7) is 2.80. The van der Waals surface area contributed by atoms with Crippen molar-refractivity contribution in [3.05, 3.63) is 12.2 Å². The fourth-order valence-corrected chi connectivity index (χ4v) is 1.75. The lowest BCUT2D eigenvalue weighted by atomic mass is 10.0. The number of carbonyl (C=O) groups excluding carboxylic acids is 2. The first-order chi connectivity index (χ1) is 7.58. The molecule has 1 aliphatic rings. The normalized spacial score (nSPS) is 25.4. The first-order valence-electron chi connectivity index (χ1n) is 5.60. The third-order valence-corrected chi connectivity index (χ3v) is 2.40. The molecule has 16 heavy (non-hydrogen) atoms. The maximum Gasteiger partial charge on any atom is 0.303 e. The molecule has 0 amide bonds. The van der Waals surface area contributed by atoms with E-state index in [1.807, 2.05) is 12.2 Å². The topological polar surface area (TPSA) is 52.6 Å². The molecule has 4 heteroatoms. The second-order valence-corrected chi connectivity index (χ2v) is 3.97. The Bertz CT molecular complexity index is 255. The Morgan fingerprint density at radius 1 is 0.938 bits per heavy atom. The SMILES string of the molecule is CC(=O)O[C@@H]1C=C[C@H](OC(C)=O)CCCC1. The van der Waals surface area contributed by atoms with Crippen LogP contribution in [0.4, 0.5) is 0 Å². The van der Waals surface area contributed by atoms with Gasteiger partial charge in [0.05, 0.1) is 0 Å². The second kappa shape index (κ2) is 6.30. The quantitative estimate of drug-likeness (QED) is 0.533. The lowest BCUT2D eigenvalue weighted by Crippen LogP contribution is -2.19. The van der Waals surface area contributed by atoms with E-state index in [1.165, 1.54) is 13.8 Å². The van der Waals surface area contributed by atoms with Crippen molar-refractivity contribution in [1.82, 2.24) is 0 Å². The highest BCUT2D eigenvalue weighted by Crippen LogP contribution is 2.16. The largest absolute Gasteiger partial charge is 0.458 e. The summed E-state index contributed by atoms with van der Waals surface area (Å²) in [5.74, 6) is -0.557. The van der Waals surface area contributed by atoms with Crippen LogP contribution in [-0.2, 0) is 19.1 Å². The number of ether oxygens (including phenoxy) is 2. The number of carbonyl (C=O) groups is 2. The summed E-state index contributed by atoms with van der Waals surface area (Å²) in [5, 5.41) is 0. The standard InChI is InChI=1S/C12H18O4/c1-9(13)15-11-5-3-4-6-12(8-7-11)16-10(2)14/h7-8,11-12H,3-6H2,1-2H3/t11-,12+. The van der Waals surface area contributed by atoms with Crippen molar-refractivity contribution < 1.29 is 19.1 Å². The average molecular weight is 226 g/mol. The van der Waals surface area contributed by atoms with Crippen LogP contribution in [0.25, 0.3) is 0 Å². The highest BCUT2D eigenvalue weighted by atomic mass is 16.5. The van der Waals surface area contributed by atoms with Crippen molar-refractivity contribution in [3.8, 4) is 0 Å². The van der Waals surface area contributed by atoms with Gasteiger partial charge in [0.15, 0.2) is 0 Å². The molecule has 1 aliphatic carbocycles. The molecule has 0 aromatic carbocycles. The van der Waals surface area contributed by atoms with Crippen LogP contribution in [0.3, 0.4) is 0 Å². The Kier molecular flexibility index (Phi) is 5.02. The van der Waals surface area contributed by atoms with Gasteiger partial charge in [-0.25, -0.2) is 0 Å². The van der Waals surface area contributed by atoms with E-state index in [4.69, 9.17) is 9.47 Å². The third kappa shape index (κ3) is 4.96. The van der Waals surface area contributed by atoms with Gasteiger partial charge in [-0.3, -0.25) is 9.59 Å². The zero-order valence-electron chi connectivity index (χ0n) is 9.77. The maximum atomic E-state index is 10.8. The first-order valence-corrected chi connectivity index (χ1v) is 5.60. The predicted octanol–water partition coefficient (Wildman–Crippen LogP) is 1.98.